The van der Waals surface area contributed by atoms with Crippen LogP contribution in [0.25, 0.3) is 0 Å². The van der Waals surface area contributed by atoms with Gasteiger partial charge in [0.15, 0.2) is 0 Å². The average molecular weight is 210 g/mol. The number of likely N-dealkylation sites (N-methyl/N-ethyl adjacent to an activating group) is 1. The third kappa shape index (κ3) is 2.83. The average Bonchev–Trinajstić information content (AvgIpc) is 2.60. The normalized spacial score (nSPS) is 13.8. The molecule has 0 aliphatic heterocycles. The molecule has 1 atom stereocenters. The minimum Gasteiger partial charge on any atom is -0.465 e. The molecule has 0 aliphatic carbocycles. The summed E-state index contributed by atoms with van der Waals surface area (Å²) in [6, 6.07) is 4.70. The van der Waals surface area contributed by atoms with Gasteiger partial charge in [0.1, 0.15) is 11.5 Å². The van der Waals surface area contributed by atoms with Crippen LogP contribution in [0.5, 0.6) is 0 Å². The van der Waals surface area contributed by atoms with Crippen LogP contribution in [0.3, 0.4) is 0 Å². The van der Waals surface area contributed by atoms with Crippen LogP contribution < -0.4 is 5.73 Å². The first-order valence-corrected chi connectivity index (χ1v) is 5.62. The molecule has 0 aromatic carbocycles. The number of furan rings is 1. The van der Waals surface area contributed by atoms with Crippen molar-refractivity contribution in [1.29, 1.82) is 0 Å². The molecule has 3 nitrogen and oxygen atoms in total. The van der Waals surface area contributed by atoms with E-state index in [4.69, 9.17) is 10.2 Å². The van der Waals surface area contributed by atoms with Gasteiger partial charge in [0.25, 0.3) is 0 Å². The summed E-state index contributed by atoms with van der Waals surface area (Å²) < 4.78 is 5.65. The fourth-order valence-electron chi connectivity index (χ4n) is 1.99. The van der Waals surface area contributed by atoms with E-state index in [-0.39, 0.29) is 6.04 Å². The molecule has 0 amide bonds. The van der Waals surface area contributed by atoms with Gasteiger partial charge in [-0.15, -0.1) is 0 Å². The van der Waals surface area contributed by atoms with E-state index < -0.39 is 0 Å². The van der Waals surface area contributed by atoms with Gasteiger partial charge in [-0.1, -0.05) is 6.92 Å². The fraction of sp³-hybridized carbons (Fsp3) is 0.667. The Balaban J connectivity index is 2.86. The number of hydrogen-bond acceptors (Lipinski definition) is 3. The number of nitrogens with two attached hydrogens (primary N) is 1. The third-order valence-electron chi connectivity index (χ3n) is 2.74. The van der Waals surface area contributed by atoms with Gasteiger partial charge >= 0.3 is 0 Å². The molecule has 0 radical (unpaired) electrons. The number of nitrogens with zero attached hydrogens (tertiary/aromatic N) is 1. The summed E-state index contributed by atoms with van der Waals surface area (Å²) in [4.78, 5) is 2.35. The molecule has 1 unspecified atom stereocenters. The lowest BCUT2D eigenvalue weighted by Gasteiger charge is -2.31. The van der Waals surface area contributed by atoms with E-state index in [1.165, 1.54) is 0 Å². The molecule has 1 aromatic heterocycles. The maximum atomic E-state index is 5.83. The van der Waals surface area contributed by atoms with Crippen molar-refractivity contribution in [3.8, 4) is 0 Å². The van der Waals surface area contributed by atoms with Crippen molar-refractivity contribution in [3.63, 3.8) is 0 Å². The highest BCUT2D eigenvalue weighted by atomic mass is 16.3. The Labute approximate surface area is 92.2 Å². The molecule has 3 heteroatoms. The van der Waals surface area contributed by atoms with Crippen molar-refractivity contribution in [2.75, 3.05) is 13.1 Å². The predicted octanol–water partition coefficient (Wildman–Crippen LogP) is 2.32. The molecule has 1 aromatic rings. The van der Waals surface area contributed by atoms with Gasteiger partial charge in [0, 0.05) is 12.6 Å². The molecule has 0 saturated heterocycles. The SMILES string of the molecule is CCN(C(C)C)C(CN)c1ccc(C)o1. The van der Waals surface area contributed by atoms with E-state index in [0.717, 1.165) is 18.1 Å². The van der Waals surface area contributed by atoms with Crippen LogP contribution in [-0.2, 0) is 0 Å². The summed E-state index contributed by atoms with van der Waals surface area (Å²) in [5.74, 6) is 1.92. The Morgan fingerprint density at radius 2 is 2.07 bits per heavy atom. The standard InChI is InChI=1S/C12H22N2O/c1-5-14(9(2)3)11(8-13)12-7-6-10(4)15-12/h6-7,9,11H,5,8,13H2,1-4H3. The van der Waals surface area contributed by atoms with Gasteiger partial charge in [0.2, 0.25) is 0 Å². The maximum absolute atomic E-state index is 5.83. The summed E-state index contributed by atoms with van der Waals surface area (Å²) in [6.45, 7) is 10.1. The highest BCUT2D eigenvalue weighted by Crippen LogP contribution is 2.23. The lowest BCUT2D eigenvalue weighted by Crippen LogP contribution is -2.38. The minimum absolute atomic E-state index is 0.198. The van der Waals surface area contributed by atoms with Crippen LogP contribution in [-0.4, -0.2) is 24.0 Å². The van der Waals surface area contributed by atoms with Crippen molar-refractivity contribution >= 4 is 0 Å². The van der Waals surface area contributed by atoms with Crippen molar-refractivity contribution < 1.29 is 4.42 Å². The van der Waals surface area contributed by atoms with Crippen LogP contribution in [0.2, 0.25) is 0 Å². The van der Waals surface area contributed by atoms with Crippen molar-refractivity contribution in [2.24, 2.45) is 5.73 Å². The van der Waals surface area contributed by atoms with Crippen LogP contribution in [0.4, 0.5) is 0 Å². The smallest absolute Gasteiger partial charge is 0.122 e. The van der Waals surface area contributed by atoms with E-state index in [1.807, 2.05) is 19.1 Å². The van der Waals surface area contributed by atoms with E-state index >= 15 is 0 Å². The van der Waals surface area contributed by atoms with E-state index in [2.05, 4.69) is 25.7 Å². The number of hydrogen-bond donors (Lipinski definition) is 1. The molecule has 1 rings (SSSR count). The predicted molar refractivity (Wildman–Crippen MR) is 62.8 cm³/mol. The van der Waals surface area contributed by atoms with Crippen molar-refractivity contribution in [3.05, 3.63) is 23.7 Å². The molecule has 0 bridgehead atoms. The quantitative estimate of drug-likeness (QED) is 0.811. The highest BCUT2D eigenvalue weighted by molar-refractivity contribution is 5.10. The molecular formula is C12H22N2O. The second kappa shape index (κ2) is 5.33. The molecule has 0 saturated carbocycles. The van der Waals surface area contributed by atoms with Gasteiger partial charge in [-0.25, -0.2) is 0 Å². The summed E-state index contributed by atoms with van der Waals surface area (Å²) in [6.07, 6.45) is 0. The minimum atomic E-state index is 0.198. The second-order valence-electron chi connectivity index (χ2n) is 4.12. The van der Waals surface area contributed by atoms with Gasteiger partial charge in [-0.05, 0) is 39.4 Å². The topological polar surface area (TPSA) is 42.4 Å². The fourth-order valence-corrected chi connectivity index (χ4v) is 1.99. The van der Waals surface area contributed by atoms with E-state index in [9.17, 15) is 0 Å². The third-order valence-corrected chi connectivity index (χ3v) is 2.74. The van der Waals surface area contributed by atoms with Gasteiger partial charge in [-0.2, -0.15) is 0 Å². The molecule has 1 heterocycles. The summed E-state index contributed by atoms with van der Waals surface area (Å²) in [5.41, 5.74) is 5.83. The molecule has 15 heavy (non-hydrogen) atoms. The lowest BCUT2D eigenvalue weighted by molar-refractivity contribution is 0.147. The zero-order chi connectivity index (χ0) is 11.4. The van der Waals surface area contributed by atoms with Gasteiger partial charge in [-0.3, -0.25) is 4.90 Å². The number of aryl methyl sites for hydroxylation is 1. The first kappa shape index (κ1) is 12.3. The first-order valence-electron chi connectivity index (χ1n) is 5.62. The Kier molecular flexibility index (Phi) is 4.36. The van der Waals surface area contributed by atoms with E-state index in [0.29, 0.717) is 12.6 Å². The summed E-state index contributed by atoms with van der Waals surface area (Å²) >= 11 is 0. The van der Waals surface area contributed by atoms with Crippen molar-refractivity contribution in [2.45, 2.75) is 39.8 Å². The number of rotatable bonds is 5. The molecule has 0 spiro atoms. The van der Waals surface area contributed by atoms with Crippen LogP contribution >= 0.6 is 0 Å². The largest absolute Gasteiger partial charge is 0.465 e. The Morgan fingerprint density at radius 3 is 2.40 bits per heavy atom. The Bertz CT molecular complexity index is 294. The van der Waals surface area contributed by atoms with Crippen molar-refractivity contribution in [1.82, 2.24) is 4.90 Å². The Morgan fingerprint density at radius 1 is 1.40 bits per heavy atom. The monoisotopic (exact) mass is 210 g/mol. The summed E-state index contributed by atoms with van der Waals surface area (Å²) in [5, 5.41) is 0. The lowest BCUT2D eigenvalue weighted by atomic mass is 10.1. The zero-order valence-corrected chi connectivity index (χ0v) is 10.2. The maximum Gasteiger partial charge on any atom is 0.122 e. The summed E-state index contributed by atoms with van der Waals surface area (Å²) in [7, 11) is 0. The molecule has 0 fully saturated rings. The van der Waals surface area contributed by atoms with Gasteiger partial charge < -0.3 is 10.2 Å². The van der Waals surface area contributed by atoms with Crippen LogP contribution in [0.1, 0.15) is 38.3 Å². The molecular weight excluding hydrogens is 188 g/mol. The molecule has 0 aliphatic rings. The molecule has 86 valence electrons. The molecule has 2 N–H and O–H groups in total. The zero-order valence-electron chi connectivity index (χ0n) is 10.2. The van der Waals surface area contributed by atoms with Gasteiger partial charge in [0.05, 0.1) is 6.04 Å². The Hall–Kier alpha value is -0.800. The second-order valence-corrected chi connectivity index (χ2v) is 4.12. The van der Waals surface area contributed by atoms with Crippen LogP contribution in [0, 0.1) is 6.92 Å². The van der Waals surface area contributed by atoms with Crippen LogP contribution in [0.15, 0.2) is 16.5 Å². The highest BCUT2D eigenvalue weighted by Gasteiger charge is 2.22. The first-order chi connectivity index (χ1) is 7.10. The van der Waals surface area contributed by atoms with E-state index in [1.54, 1.807) is 0 Å².